The fourth-order valence-electron chi connectivity index (χ4n) is 4.57. The van der Waals surface area contributed by atoms with Gasteiger partial charge in [0.1, 0.15) is 0 Å². The van der Waals surface area contributed by atoms with Crippen molar-refractivity contribution >= 4 is 43.7 Å². The molecular formula is C24H20BrNO3. The molecule has 3 aromatic rings. The highest BCUT2D eigenvalue weighted by Crippen LogP contribution is 2.49. The zero-order valence-electron chi connectivity index (χ0n) is 16.0. The van der Waals surface area contributed by atoms with Gasteiger partial charge in [0.15, 0.2) is 17.3 Å². The summed E-state index contributed by atoms with van der Waals surface area (Å²) in [4.78, 5) is 13.1. The van der Waals surface area contributed by atoms with E-state index in [9.17, 15) is 9.90 Å². The molecule has 1 aliphatic heterocycles. The number of fused-ring (bicyclic) bond motifs is 4. The van der Waals surface area contributed by atoms with Crippen LogP contribution in [0.1, 0.15) is 36.4 Å². The number of rotatable bonds is 2. The SMILES string of the molecule is COc1cc([C@H]2Nc3ccc4ccccc4c3C3=C2C(=O)CCC3)cc(Br)c1O. The zero-order chi connectivity index (χ0) is 20.1. The monoisotopic (exact) mass is 449 g/mol. The number of phenolic OH excluding ortho intramolecular Hbond substituents is 1. The minimum atomic E-state index is -0.280. The number of Topliss-reactive ketones (excluding diaryl/α,β-unsaturated/α-hetero) is 1. The minimum Gasteiger partial charge on any atom is -0.503 e. The predicted molar refractivity (Wildman–Crippen MR) is 118 cm³/mol. The van der Waals surface area contributed by atoms with Gasteiger partial charge in [0.05, 0.1) is 17.6 Å². The molecule has 3 aromatic carbocycles. The van der Waals surface area contributed by atoms with Gasteiger partial charge in [-0.2, -0.15) is 0 Å². The molecule has 4 nitrogen and oxygen atoms in total. The van der Waals surface area contributed by atoms with Crippen LogP contribution in [0.5, 0.6) is 11.5 Å². The van der Waals surface area contributed by atoms with E-state index in [0.717, 1.165) is 40.8 Å². The number of ketones is 1. The Balaban J connectivity index is 1.77. The van der Waals surface area contributed by atoms with Crippen LogP contribution >= 0.6 is 15.9 Å². The Morgan fingerprint density at radius 1 is 1.14 bits per heavy atom. The number of hydrogen-bond donors (Lipinski definition) is 2. The summed E-state index contributed by atoms with van der Waals surface area (Å²) in [5.41, 5.74) is 5.03. The molecule has 0 radical (unpaired) electrons. The van der Waals surface area contributed by atoms with Crippen molar-refractivity contribution in [1.82, 2.24) is 0 Å². The number of carbonyl (C=O) groups is 1. The van der Waals surface area contributed by atoms with Crippen LogP contribution in [-0.2, 0) is 4.79 Å². The Labute approximate surface area is 177 Å². The topological polar surface area (TPSA) is 58.6 Å². The molecule has 1 heterocycles. The molecule has 0 unspecified atom stereocenters. The molecule has 146 valence electrons. The third-order valence-corrected chi connectivity index (χ3v) is 6.48. The van der Waals surface area contributed by atoms with E-state index in [-0.39, 0.29) is 17.6 Å². The van der Waals surface area contributed by atoms with Crippen LogP contribution in [0.25, 0.3) is 16.3 Å². The average molecular weight is 450 g/mol. The first-order chi connectivity index (χ1) is 14.1. The summed E-state index contributed by atoms with van der Waals surface area (Å²) in [6.45, 7) is 0. The molecule has 2 aliphatic rings. The molecule has 1 aliphatic carbocycles. The number of aromatic hydroxyl groups is 1. The van der Waals surface area contributed by atoms with E-state index in [1.165, 1.54) is 17.9 Å². The summed E-state index contributed by atoms with van der Waals surface area (Å²) in [6, 6.07) is 15.9. The Morgan fingerprint density at radius 3 is 2.79 bits per heavy atom. The van der Waals surface area contributed by atoms with E-state index in [1.54, 1.807) is 6.07 Å². The smallest absolute Gasteiger partial charge is 0.172 e. The summed E-state index contributed by atoms with van der Waals surface area (Å²) in [6.07, 6.45) is 2.32. The van der Waals surface area contributed by atoms with Crippen molar-refractivity contribution in [2.24, 2.45) is 0 Å². The number of allylic oxidation sites excluding steroid dienone is 1. The molecule has 29 heavy (non-hydrogen) atoms. The maximum atomic E-state index is 13.1. The van der Waals surface area contributed by atoms with Gasteiger partial charge in [-0.3, -0.25) is 4.79 Å². The van der Waals surface area contributed by atoms with Gasteiger partial charge in [-0.1, -0.05) is 30.3 Å². The van der Waals surface area contributed by atoms with Gasteiger partial charge in [-0.25, -0.2) is 0 Å². The van der Waals surface area contributed by atoms with Crippen LogP contribution in [0.4, 0.5) is 5.69 Å². The molecule has 0 fully saturated rings. The lowest BCUT2D eigenvalue weighted by Crippen LogP contribution is -2.27. The number of halogens is 1. The molecule has 0 bridgehead atoms. The van der Waals surface area contributed by atoms with Crippen LogP contribution in [0.15, 0.2) is 58.6 Å². The minimum absolute atomic E-state index is 0.0580. The average Bonchev–Trinajstić information content (AvgIpc) is 2.74. The van der Waals surface area contributed by atoms with Crippen LogP contribution in [0.2, 0.25) is 0 Å². The van der Waals surface area contributed by atoms with Gasteiger partial charge in [-0.05, 0) is 68.9 Å². The van der Waals surface area contributed by atoms with Crippen molar-refractivity contribution in [2.45, 2.75) is 25.3 Å². The Bertz CT molecular complexity index is 1200. The Kier molecular flexibility index (Phi) is 4.36. The van der Waals surface area contributed by atoms with Crippen molar-refractivity contribution in [1.29, 1.82) is 0 Å². The highest BCUT2D eigenvalue weighted by atomic mass is 79.9. The number of methoxy groups -OCH3 is 1. The van der Waals surface area contributed by atoms with Crippen molar-refractivity contribution in [3.63, 3.8) is 0 Å². The third kappa shape index (κ3) is 2.84. The number of carbonyl (C=O) groups excluding carboxylic acids is 1. The van der Waals surface area contributed by atoms with Gasteiger partial charge in [0.25, 0.3) is 0 Å². The molecule has 0 aromatic heterocycles. The van der Waals surface area contributed by atoms with E-state index in [4.69, 9.17) is 4.74 Å². The quantitative estimate of drug-likeness (QED) is 0.504. The first-order valence-corrected chi connectivity index (χ1v) is 10.5. The largest absolute Gasteiger partial charge is 0.503 e. The highest BCUT2D eigenvalue weighted by Gasteiger charge is 2.35. The van der Waals surface area contributed by atoms with Crippen LogP contribution in [0.3, 0.4) is 0 Å². The molecule has 2 N–H and O–H groups in total. The van der Waals surface area contributed by atoms with E-state index < -0.39 is 0 Å². The molecule has 0 spiro atoms. The van der Waals surface area contributed by atoms with E-state index in [0.29, 0.717) is 16.6 Å². The van der Waals surface area contributed by atoms with Crippen LogP contribution in [0, 0.1) is 0 Å². The van der Waals surface area contributed by atoms with Gasteiger partial charge in [0, 0.05) is 23.2 Å². The maximum Gasteiger partial charge on any atom is 0.172 e. The number of anilines is 1. The maximum absolute atomic E-state index is 13.1. The number of nitrogens with one attached hydrogen (secondary N) is 1. The van der Waals surface area contributed by atoms with Gasteiger partial charge in [0.2, 0.25) is 0 Å². The fourth-order valence-corrected chi connectivity index (χ4v) is 5.03. The second-order valence-electron chi connectivity index (χ2n) is 7.51. The lowest BCUT2D eigenvalue weighted by atomic mass is 9.77. The predicted octanol–water partition coefficient (Wildman–Crippen LogP) is 5.99. The summed E-state index contributed by atoms with van der Waals surface area (Å²) in [7, 11) is 1.53. The van der Waals surface area contributed by atoms with E-state index in [2.05, 4.69) is 45.5 Å². The van der Waals surface area contributed by atoms with E-state index >= 15 is 0 Å². The zero-order valence-corrected chi connectivity index (χ0v) is 17.5. The highest BCUT2D eigenvalue weighted by molar-refractivity contribution is 9.10. The number of benzene rings is 3. The van der Waals surface area contributed by atoms with Gasteiger partial charge in [-0.15, -0.1) is 0 Å². The second kappa shape index (κ2) is 6.92. The first kappa shape index (κ1) is 18.3. The third-order valence-electron chi connectivity index (χ3n) is 5.88. The number of ether oxygens (including phenoxy) is 1. The van der Waals surface area contributed by atoms with Crippen LogP contribution in [-0.4, -0.2) is 18.0 Å². The van der Waals surface area contributed by atoms with Crippen molar-refractivity contribution in [2.75, 3.05) is 12.4 Å². The molecular weight excluding hydrogens is 430 g/mol. The van der Waals surface area contributed by atoms with Gasteiger partial charge < -0.3 is 15.2 Å². The fraction of sp³-hybridized carbons (Fsp3) is 0.208. The molecule has 0 saturated carbocycles. The molecule has 0 saturated heterocycles. The summed E-state index contributed by atoms with van der Waals surface area (Å²) < 4.78 is 5.88. The first-order valence-electron chi connectivity index (χ1n) is 9.69. The molecule has 0 amide bonds. The summed E-state index contributed by atoms with van der Waals surface area (Å²) in [5, 5.41) is 16.1. The lowest BCUT2D eigenvalue weighted by Gasteiger charge is -2.35. The standard InChI is InChI=1S/C24H20BrNO3/c1-29-20-12-14(11-17(25)24(20)28)23-22-16(7-4-8-19(22)27)21-15-6-3-2-5-13(15)9-10-18(21)26-23/h2-3,5-6,9-12,23,26,28H,4,7-8H2,1H3/t23-/m1/s1. The van der Waals surface area contributed by atoms with Crippen molar-refractivity contribution in [3.8, 4) is 11.5 Å². The summed E-state index contributed by atoms with van der Waals surface area (Å²) >= 11 is 3.41. The Hall–Kier alpha value is -2.79. The number of hydrogen-bond acceptors (Lipinski definition) is 4. The van der Waals surface area contributed by atoms with Crippen molar-refractivity contribution < 1.29 is 14.6 Å². The Morgan fingerprint density at radius 2 is 1.97 bits per heavy atom. The van der Waals surface area contributed by atoms with Crippen LogP contribution < -0.4 is 10.1 Å². The van der Waals surface area contributed by atoms with Gasteiger partial charge >= 0.3 is 0 Å². The molecule has 1 atom stereocenters. The molecule has 5 heteroatoms. The second-order valence-corrected chi connectivity index (χ2v) is 8.36. The summed E-state index contributed by atoms with van der Waals surface area (Å²) in [5.74, 6) is 0.624. The molecule has 5 rings (SSSR count). The van der Waals surface area contributed by atoms with Crippen molar-refractivity contribution in [3.05, 3.63) is 69.7 Å². The van der Waals surface area contributed by atoms with E-state index in [1.807, 2.05) is 18.2 Å². The lowest BCUT2D eigenvalue weighted by molar-refractivity contribution is -0.116. The number of phenols is 1. The normalized spacial score (nSPS) is 18.3.